The molecule has 0 saturated heterocycles. The van der Waals surface area contributed by atoms with Gasteiger partial charge in [0, 0.05) is 0 Å². The third kappa shape index (κ3) is 2.07. The molecule has 0 spiro atoms. The van der Waals surface area contributed by atoms with E-state index in [2.05, 4.69) is 0 Å². The summed E-state index contributed by atoms with van der Waals surface area (Å²) >= 11 is 0. The number of fused-ring (bicyclic) bond motifs is 3. The molecule has 0 unspecified atom stereocenters. The van der Waals surface area contributed by atoms with Gasteiger partial charge in [0.1, 0.15) is 5.75 Å². The van der Waals surface area contributed by atoms with E-state index in [0.29, 0.717) is 5.39 Å². The van der Waals surface area contributed by atoms with Gasteiger partial charge in [-0.25, -0.2) is 0 Å². The Bertz CT molecular complexity index is 791. The minimum Gasteiger partial charge on any atom is -0.497 e. The van der Waals surface area contributed by atoms with E-state index in [4.69, 9.17) is 4.74 Å². The van der Waals surface area contributed by atoms with Crippen molar-refractivity contribution in [1.29, 1.82) is 0 Å². The van der Waals surface area contributed by atoms with E-state index in [9.17, 15) is 13.2 Å². The van der Waals surface area contributed by atoms with Crippen LogP contribution in [0.4, 0.5) is 13.2 Å². The molecule has 0 radical (unpaired) electrons. The molecule has 0 aliphatic carbocycles. The molecule has 102 valence electrons. The summed E-state index contributed by atoms with van der Waals surface area (Å²) in [4.78, 5) is 0. The minimum absolute atomic E-state index is 0.581. The number of methoxy groups -OCH3 is 1. The van der Waals surface area contributed by atoms with Crippen molar-refractivity contribution in [3.8, 4) is 5.75 Å². The Balaban J connectivity index is 2.27. The standard InChI is InChI=1S/C16H11F3O/c1-20-13-5-7-15-11(9-13)3-2-10-8-12(16(17,18)19)4-6-14(10)15/h2-9H,1H3. The summed E-state index contributed by atoms with van der Waals surface area (Å²) in [5.41, 5.74) is -0.627. The molecule has 3 rings (SSSR count). The number of alkyl halides is 3. The molecule has 0 fully saturated rings. The first-order valence-corrected chi connectivity index (χ1v) is 6.07. The van der Waals surface area contributed by atoms with Crippen molar-refractivity contribution in [1.82, 2.24) is 0 Å². The molecule has 0 heterocycles. The van der Waals surface area contributed by atoms with Gasteiger partial charge in [0.2, 0.25) is 0 Å². The molecular weight excluding hydrogens is 265 g/mol. The van der Waals surface area contributed by atoms with Crippen LogP contribution in [0.25, 0.3) is 21.5 Å². The van der Waals surface area contributed by atoms with Crippen LogP contribution in [0.5, 0.6) is 5.75 Å². The summed E-state index contributed by atoms with van der Waals surface area (Å²) in [7, 11) is 1.58. The Morgan fingerprint density at radius 3 is 2.00 bits per heavy atom. The zero-order chi connectivity index (χ0) is 14.3. The van der Waals surface area contributed by atoms with Gasteiger partial charge in [-0.2, -0.15) is 13.2 Å². The number of benzene rings is 3. The quantitative estimate of drug-likeness (QED) is 0.567. The molecule has 20 heavy (non-hydrogen) atoms. The van der Waals surface area contributed by atoms with Crippen LogP contribution in [0.15, 0.2) is 48.5 Å². The van der Waals surface area contributed by atoms with Gasteiger partial charge in [-0.05, 0) is 45.8 Å². The van der Waals surface area contributed by atoms with Crippen molar-refractivity contribution in [3.63, 3.8) is 0 Å². The largest absolute Gasteiger partial charge is 0.497 e. The lowest BCUT2D eigenvalue weighted by Crippen LogP contribution is -2.04. The van der Waals surface area contributed by atoms with Gasteiger partial charge in [0.05, 0.1) is 12.7 Å². The summed E-state index contributed by atoms with van der Waals surface area (Å²) in [5.74, 6) is 0.726. The lowest BCUT2D eigenvalue weighted by molar-refractivity contribution is -0.137. The Morgan fingerprint density at radius 1 is 0.800 bits per heavy atom. The summed E-state index contributed by atoms with van der Waals surface area (Å²) < 4.78 is 43.3. The van der Waals surface area contributed by atoms with E-state index in [0.717, 1.165) is 28.0 Å². The van der Waals surface area contributed by atoms with E-state index < -0.39 is 11.7 Å². The maximum absolute atomic E-state index is 12.7. The number of hydrogen-bond acceptors (Lipinski definition) is 1. The normalized spacial score (nSPS) is 12.0. The van der Waals surface area contributed by atoms with Gasteiger partial charge in [-0.15, -0.1) is 0 Å². The van der Waals surface area contributed by atoms with Crippen LogP contribution < -0.4 is 4.74 Å². The second-order valence-electron chi connectivity index (χ2n) is 4.59. The van der Waals surface area contributed by atoms with Gasteiger partial charge < -0.3 is 4.74 Å². The van der Waals surface area contributed by atoms with Crippen LogP contribution in [0.2, 0.25) is 0 Å². The van der Waals surface area contributed by atoms with Gasteiger partial charge >= 0.3 is 6.18 Å². The van der Waals surface area contributed by atoms with Gasteiger partial charge in [0.15, 0.2) is 0 Å². The molecular formula is C16H11F3O. The van der Waals surface area contributed by atoms with Crippen LogP contribution in [-0.4, -0.2) is 7.11 Å². The first-order chi connectivity index (χ1) is 9.49. The summed E-state index contributed by atoms with van der Waals surface area (Å²) in [6.45, 7) is 0. The average Bonchev–Trinajstić information content (AvgIpc) is 2.44. The first kappa shape index (κ1) is 12.8. The summed E-state index contributed by atoms with van der Waals surface area (Å²) in [6.07, 6.45) is -4.32. The molecule has 3 aromatic carbocycles. The number of hydrogen-bond donors (Lipinski definition) is 0. The highest BCUT2D eigenvalue weighted by Crippen LogP contribution is 2.34. The smallest absolute Gasteiger partial charge is 0.416 e. The fraction of sp³-hybridized carbons (Fsp3) is 0.125. The van der Waals surface area contributed by atoms with E-state index in [1.54, 1.807) is 25.3 Å². The lowest BCUT2D eigenvalue weighted by Gasteiger charge is -2.10. The molecule has 0 aliphatic rings. The van der Waals surface area contributed by atoms with Gasteiger partial charge in [-0.1, -0.05) is 24.3 Å². The van der Waals surface area contributed by atoms with Crippen molar-refractivity contribution in [2.45, 2.75) is 6.18 Å². The molecule has 3 aromatic rings. The third-order valence-electron chi connectivity index (χ3n) is 3.37. The summed E-state index contributed by atoms with van der Waals surface area (Å²) in [5, 5.41) is 3.24. The van der Waals surface area contributed by atoms with E-state index in [1.807, 2.05) is 12.1 Å². The van der Waals surface area contributed by atoms with Crippen LogP contribution in [-0.2, 0) is 6.18 Å². The fourth-order valence-electron chi connectivity index (χ4n) is 2.35. The van der Waals surface area contributed by atoms with E-state index in [1.165, 1.54) is 12.1 Å². The maximum Gasteiger partial charge on any atom is 0.416 e. The Kier molecular flexibility index (Phi) is 2.82. The Labute approximate surface area is 113 Å². The van der Waals surface area contributed by atoms with Crippen molar-refractivity contribution in [3.05, 3.63) is 54.1 Å². The second-order valence-corrected chi connectivity index (χ2v) is 4.59. The molecule has 0 N–H and O–H groups in total. The number of rotatable bonds is 1. The topological polar surface area (TPSA) is 9.23 Å². The Morgan fingerprint density at radius 2 is 1.40 bits per heavy atom. The summed E-state index contributed by atoms with van der Waals surface area (Å²) in [6, 6.07) is 12.9. The predicted octanol–water partition coefficient (Wildman–Crippen LogP) is 5.02. The average molecular weight is 276 g/mol. The number of halogens is 3. The van der Waals surface area contributed by atoms with E-state index in [-0.39, 0.29) is 0 Å². The van der Waals surface area contributed by atoms with Gasteiger partial charge in [0.25, 0.3) is 0 Å². The van der Waals surface area contributed by atoms with Crippen LogP contribution in [0.3, 0.4) is 0 Å². The van der Waals surface area contributed by atoms with Crippen molar-refractivity contribution >= 4 is 21.5 Å². The molecule has 1 nitrogen and oxygen atoms in total. The van der Waals surface area contributed by atoms with Gasteiger partial charge in [-0.3, -0.25) is 0 Å². The molecule has 0 saturated carbocycles. The SMILES string of the molecule is COc1ccc2c(ccc3cc(C(F)(F)F)ccc32)c1. The van der Waals surface area contributed by atoms with Crippen LogP contribution >= 0.6 is 0 Å². The van der Waals surface area contributed by atoms with Crippen molar-refractivity contribution in [2.24, 2.45) is 0 Å². The molecule has 0 amide bonds. The van der Waals surface area contributed by atoms with Crippen molar-refractivity contribution in [2.75, 3.05) is 7.11 Å². The molecule has 0 aromatic heterocycles. The molecule has 4 heteroatoms. The van der Waals surface area contributed by atoms with Crippen molar-refractivity contribution < 1.29 is 17.9 Å². The predicted molar refractivity (Wildman–Crippen MR) is 73.0 cm³/mol. The first-order valence-electron chi connectivity index (χ1n) is 6.07. The maximum atomic E-state index is 12.7. The highest BCUT2D eigenvalue weighted by atomic mass is 19.4. The molecule has 0 aliphatic heterocycles. The highest BCUT2D eigenvalue weighted by molar-refractivity contribution is 6.07. The molecule has 0 bridgehead atoms. The molecule has 0 atom stereocenters. The minimum atomic E-state index is -4.32. The highest BCUT2D eigenvalue weighted by Gasteiger charge is 2.30. The van der Waals surface area contributed by atoms with Crippen LogP contribution in [0.1, 0.15) is 5.56 Å². The fourth-order valence-corrected chi connectivity index (χ4v) is 2.35. The second kappa shape index (κ2) is 4.40. The van der Waals surface area contributed by atoms with E-state index >= 15 is 0 Å². The lowest BCUT2D eigenvalue weighted by atomic mass is 10.00. The third-order valence-corrected chi connectivity index (χ3v) is 3.37. The zero-order valence-corrected chi connectivity index (χ0v) is 10.7. The monoisotopic (exact) mass is 276 g/mol. The Hall–Kier alpha value is -2.23. The van der Waals surface area contributed by atoms with Crippen LogP contribution in [0, 0.1) is 0 Å². The zero-order valence-electron chi connectivity index (χ0n) is 10.7. The number of ether oxygens (including phenoxy) is 1.